The molecule has 0 bridgehead atoms. The lowest BCUT2D eigenvalue weighted by Crippen LogP contribution is -2.11. The Morgan fingerprint density at radius 3 is 2.79 bits per heavy atom. The Morgan fingerprint density at radius 2 is 2.11 bits per heavy atom. The Balaban J connectivity index is 2.03. The van der Waals surface area contributed by atoms with Crippen LogP contribution >= 0.6 is 11.8 Å². The average Bonchev–Trinajstić information content (AvgIpc) is 2.73. The summed E-state index contributed by atoms with van der Waals surface area (Å²) in [6.07, 6.45) is 1.34. The second kappa shape index (κ2) is 5.79. The van der Waals surface area contributed by atoms with E-state index in [1.54, 1.807) is 6.92 Å². The quantitative estimate of drug-likeness (QED) is 0.838. The van der Waals surface area contributed by atoms with Crippen LogP contribution in [0.15, 0.2) is 12.1 Å². The Hall–Kier alpha value is -0.620. The van der Waals surface area contributed by atoms with E-state index in [9.17, 15) is 17.2 Å². The van der Waals surface area contributed by atoms with Gasteiger partial charge < -0.3 is 0 Å². The minimum Gasteiger partial charge on any atom is -0.229 e. The summed E-state index contributed by atoms with van der Waals surface area (Å²) < 4.78 is 49.5. The molecule has 6 heteroatoms. The van der Waals surface area contributed by atoms with Crippen LogP contribution in [0.1, 0.15) is 29.7 Å². The van der Waals surface area contributed by atoms with E-state index in [1.807, 2.05) is 0 Å². The summed E-state index contributed by atoms with van der Waals surface area (Å²) in [5.74, 6) is -0.321. The molecule has 1 aliphatic carbocycles. The van der Waals surface area contributed by atoms with Gasteiger partial charge in [-0.3, -0.25) is 0 Å². The molecule has 1 aliphatic rings. The maximum absolute atomic E-state index is 13.5. The standard InChI is InChI=1S/C13H16F2O2S2/c1-2-19(16,17)6-5-18-13-4-3-10-11(13)7-9(14)8-12(10)15/h7-8,13H,2-6H2,1H3. The first-order valence-electron chi connectivity index (χ1n) is 6.23. The zero-order valence-electron chi connectivity index (χ0n) is 10.7. The number of benzene rings is 1. The van der Waals surface area contributed by atoms with Crippen LogP contribution in [0.5, 0.6) is 0 Å². The Kier molecular flexibility index (Phi) is 4.50. The van der Waals surface area contributed by atoms with Crippen molar-refractivity contribution in [2.24, 2.45) is 0 Å². The Morgan fingerprint density at radius 1 is 1.37 bits per heavy atom. The van der Waals surface area contributed by atoms with E-state index in [2.05, 4.69) is 0 Å². The molecule has 0 N–H and O–H groups in total. The number of thioether (sulfide) groups is 1. The van der Waals surface area contributed by atoms with Gasteiger partial charge in [0.15, 0.2) is 9.84 Å². The molecule has 1 aromatic carbocycles. The molecule has 106 valence electrons. The first-order valence-corrected chi connectivity index (χ1v) is 9.10. The highest BCUT2D eigenvalue weighted by atomic mass is 32.2. The molecule has 1 aromatic rings. The zero-order chi connectivity index (χ0) is 14.0. The summed E-state index contributed by atoms with van der Waals surface area (Å²) in [7, 11) is -2.97. The Bertz CT molecular complexity index is 570. The van der Waals surface area contributed by atoms with Crippen molar-refractivity contribution in [2.75, 3.05) is 17.3 Å². The molecule has 0 radical (unpaired) electrons. The molecule has 0 amide bonds. The topological polar surface area (TPSA) is 34.1 Å². The maximum Gasteiger partial charge on any atom is 0.150 e. The van der Waals surface area contributed by atoms with Gasteiger partial charge in [-0.2, -0.15) is 11.8 Å². The molecule has 2 nitrogen and oxygen atoms in total. The lowest BCUT2D eigenvalue weighted by atomic mass is 10.1. The largest absolute Gasteiger partial charge is 0.229 e. The molecule has 19 heavy (non-hydrogen) atoms. The molecular formula is C13H16F2O2S2. The number of hydrogen-bond acceptors (Lipinski definition) is 3. The van der Waals surface area contributed by atoms with Crippen molar-refractivity contribution in [2.45, 2.75) is 25.0 Å². The SMILES string of the molecule is CCS(=O)(=O)CCSC1CCc2c(F)cc(F)cc21. The fourth-order valence-electron chi connectivity index (χ4n) is 2.24. The smallest absolute Gasteiger partial charge is 0.150 e. The van der Waals surface area contributed by atoms with Crippen LogP contribution in [0.3, 0.4) is 0 Å². The minimum atomic E-state index is -2.97. The molecule has 0 saturated carbocycles. The van der Waals surface area contributed by atoms with Gasteiger partial charge in [0.25, 0.3) is 0 Å². The molecular weight excluding hydrogens is 290 g/mol. The monoisotopic (exact) mass is 306 g/mol. The van der Waals surface area contributed by atoms with Crippen LogP contribution < -0.4 is 0 Å². The van der Waals surface area contributed by atoms with Crippen molar-refractivity contribution in [1.29, 1.82) is 0 Å². The molecule has 0 spiro atoms. The molecule has 0 fully saturated rings. The molecule has 0 saturated heterocycles. The number of halogens is 2. The number of fused-ring (bicyclic) bond motifs is 1. The highest BCUT2D eigenvalue weighted by Crippen LogP contribution is 2.42. The highest BCUT2D eigenvalue weighted by molar-refractivity contribution is 8.00. The molecule has 2 rings (SSSR count). The summed E-state index contributed by atoms with van der Waals surface area (Å²) >= 11 is 1.47. The fourth-order valence-corrected chi connectivity index (χ4v) is 4.89. The lowest BCUT2D eigenvalue weighted by Gasteiger charge is -2.11. The van der Waals surface area contributed by atoms with Crippen LogP contribution in [-0.4, -0.2) is 25.7 Å². The predicted molar refractivity (Wildman–Crippen MR) is 74.2 cm³/mol. The van der Waals surface area contributed by atoms with Crippen molar-refractivity contribution >= 4 is 21.6 Å². The van der Waals surface area contributed by atoms with Gasteiger partial charge in [0, 0.05) is 22.8 Å². The lowest BCUT2D eigenvalue weighted by molar-refractivity contribution is 0.574. The van der Waals surface area contributed by atoms with E-state index in [0.29, 0.717) is 23.3 Å². The van der Waals surface area contributed by atoms with Gasteiger partial charge in [-0.15, -0.1) is 0 Å². The van der Waals surface area contributed by atoms with E-state index >= 15 is 0 Å². The van der Waals surface area contributed by atoms with Gasteiger partial charge in [0.2, 0.25) is 0 Å². The van der Waals surface area contributed by atoms with Crippen LogP contribution in [0.4, 0.5) is 8.78 Å². The van der Waals surface area contributed by atoms with Crippen molar-refractivity contribution in [3.05, 3.63) is 34.9 Å². The first kappa shape index (κ1) is 14.8. The third kappa shape index (κ3) is 3.48. The van der Waals surface area contributed by atoms with Crippen molar-refractivity contribution in [3.63, 3.8) is 0 Å². The summed E-state index contributed by atoms with van der Waals surface area (Å²) in [6, 6.07) is 2.28. The van der Waals surface area contributed by atoms with Gasteiger partial charge in [-0.25, -0.2) is 17.2 Å². The molecule has 0 heterocycles. The zero-order valence-corrected chi connectivity index (χ0v) is 12.3. The van der Waals surface area contributed by atoms with Crippen LogP contribution in [0.25, 0.3) is 0 Å². The fraction of sp³-hybridized carbons (Fsp3) is 0.538. The second-order valence-electron chi connectivity index (χ2n) is 4.59. The predicted octanol–water partition coefficient (Wildman–Crippen LogP) is 3.12. The van der Waals surface area contributed by atoms with E-state index in [4.69, 9.17) is 0 Å². The van der Waals surface area contributed by atoms with Crippen molar-refractivity contribution in [1.82, 2.24) is 0 Å². The first-order chi connectivity index (χ1) is 8.93. The van der Waals surface area contributed by atoms with Gasteiger partial charge in [0.1, 0.15) is 11.6 Å². The van der Waals surface area contributed by atoms with Crippen molar-refractivity contribution in [3.8, 4) is 0 Å². The summed E-state index contributed by atoms with van der Waals surface area (Å²) in [5, 5.41) is 0.00672. The minimum absolute atomic E-state index is 0.00672. The maximum atomic E-state index is 13.5. The van der Waals surface area contributed by atoms with Crippen LogP contribution in [0, 0.1) is 11.6 Å². The summed E-state index contributed by atoms with van der Waals surface area (Å²) in [4.78, 5) is 0. The number of sulfone groups is 1. The van der Waals surface area contributed by atoms with E-state index < -0.39 is 21.5 Å². The van der Waals surface area contributed by atoms with Gasteiger partial charge in [-0.1, -0.05) is 6.92 Å². The molecule has 0 aromatic heterocycles. The van der Waals surface area contributed by atoms with E-state index in [1.165, 1.54) is 17.8 Å². The second-order valence-corrected chi connectivity index (χ2v) is 8.37. The molecule has 1 unspecified atom stereocenters. The third-order valence-corrected chi connectivity index (χ3v) is 6.65. The van der Waals surface area contributed by atoms with Gasteiger partial charge in [0.05, 0.1) is 5.75 Å². The number of rotatable bonds is 5. The normalized spacial score (nSPS) is 18.6. The van der Waals surface area contributed by atoms with Gasteiger partial charge >= 0.3 is 0 Å². The molecule has 0 aliphatic heterocycles. The number of hydrogen-bond donors (Lipinski definition) is 0. The summed E-state index contributed by atoms with van der Waals surface area (Å²) in [5.41, 5.74) is 1.27. The summed E-state index contributed by atoms with van der Waals surface area (Å²) in [6.45, 7) is 1.62. The average molecular weight is 306 g/mol. The third-order valence-electron chi connectivity index (χ3n) is 3.35. The van der Waals surface area contributed by atoms with E-state index in [0.717, 1.165) is 12.5 Å². The van der Waals surface area contributed by atoms with Crippen LogP contribution in [0.2, 0.25) is 0 Å². The van der Waals surface area contributed by atoms with Crippen LogP contribution in [-0.2, 0) is 16.3 Å². The highest BCUT2D eigenvalue weighted by Gasteiger charge is 2.26. The van der Waals surface area contributed by atoms with E-state index in [-0.39, 0.29) is 16.8 Å². The Labute approximate surface area is 116 Å². The van der Waals surface area contributed by atoms with Crippen molar-refractivity contribution < 1.29 is 17.2 Å². The van der Waals surface area contributed by atoms with Gasteiger partial charge in [-0.05, 0) is 30.0 Å². The molecule has 1 atom stereocenters.